The van der Waals surface area contributed by atoms with Crippen molar-refractivity contribution in [3.8, 4) is 11.3 Å². The van der Waals surface area contributed by atoms with Crippen molar-refractivity contribution in [2.45, 2.75) is 32.1 Å². The number of H-pyrrole nitrogens is 1. The molecule has 0 aliphatic carbocycles. The van der Waals surface area contributed by atoms with E-state index in [-0.39, 0.29) is 11.7 Å². The molecule has 40 heavy (non-hydrogen) atoms. The van der Waals surface area contributed by atoms with E-state index in [0.29, 0.717) is 36.6 Å². The first-order chi connectivity index (χ1) is 19.4. The zero-order valence-electron chi connectivity index (χ0n) is 23.2. The minimum absolute atomic E-state index is 0.0276. The summed E-state index contributed by atoms with van der Waals surface area (Å²) in [4.78, 5) is 26.7. The summed E-state index contributed by atoms with van der Waals surface area (Å²) in [7, 11) is 4.19. The van der Waals surface area contributed by atoms with Crippen LogP contribution in [0.3, 0.4) is 0 Å². The number of carbonyl (C=O) groups excluding carboxylic acids is 1. The predicted molar refractivity (Wildman–Crippen MR) is 159 cm³/mol. The van der Waals surface area contributed by atoms with Gasteiger partial charge in [0.15, 0.2) is 0 Å². The summed E-state index contributed by atoms with van der Waals surface area (Å²) >= 11 is 0. The van der Waals surface area contributed by atoms with Gasteiger partial charge in [0.25, 0.3) is 11.9 Å². The van der Waals surface area contributed by atoms with Gasteiger partial charge in [-0.25, -0.2) is 9.97 Å². The van der Waals surface area contributed by atoms with Gasteiger partial charge in [0.05, 0.1) is 12.2 Å². The first-order valence-electron chi connectivity index (χ1n) is 13.6. The number of carbonyl (C=O) groups is 1. The van der Waals surface area contributed by atoms with Gasteiger partial charge in [-0.05, 0) is 75.8 Å². The van der Waals surface area contributed by atoms with Crippen LogP contribution in [0.25, 0.3) is 22.2 Å². The van der Waals surface area contributed by atoms with E-state index in [1.54, 1.807) is 24.5 Å². The molecule has 2 aromatic heterocycles. The van der Waals surface area contributed by atoms with Crippen LogP contribution in [-0.4, -0.2) is 65.3 Å². The predicted octanol–water partition coefficient (Wildman–Crippen LogP) is 5.09. The molecule has 4 aromatic rings. The third-order valence-electron chi connectivity index (χ3n) is 6.59. The first-order valence-corrected chi connectivity index (χ1v) is 13.6. The molecule has 208 valence electrons. The number of nitrogens with one attached hydrogen (secondary N) is 3. The van der Waals surface area contributed by atoms with Crippen LogP contribution >= 0.6 is 0 Å². The Morgan fingerprint density at radius 3 is 2.65 bits per heavy atom. The van der Waals surface area contributed by atoms with Gasteiger partial charge in [0.1, 0.15) is 5.84 Å². The number of rotatable bonds is 14. The monoisotopic (exact) mass is 539 g/mol. The number of amidine groups is 1. The highest BCUT2D eigenvalue weighted by Gasteiger charge is 2.09. The maximum atomic E-state index is 12.7. The standard InChI is InChI=1S/C30H37N9O/c1-39(2)18-6-4-3-5-15-36-38-30-34-17-14-26(37-30)22-8-10-23(11-9-22)29(40)33-16-13-21-7-12-27-24(19-21)25(20-35-27)28(31)32/h7-12,14,17,19-20,35H,3-6,13,15-16,18H2,1-2H3,(H3,31,32)(H,33,40). The van der Waals surface area contributed by atoms with E-state index in [4.69, 9.17) is 11.1 Å². The molecule has 4 rings (SSSR count). The second-order valence-electron chi connectivity index (χ2n) is 10.0. The van der Waals surface area contributed by atoms with Gasteiger partial charge < -0.3 is 20.9 Å². The molecule has 2 heterocycles. The molecule has 0 aliphatic heterocycles. The van der Waals surface area contributed by atoms with Crippen LogP contribution in [0, 0.1) is 5.41 Å². The highest BCUT2D eigenvalue weighted by atomic mass is 16.1. The number of hydrogen-bond donors (Lipinski definition) is 4. The van der Waals surface area contributed by atoms with E-state index in [0.717, 1.165) is 47.1 Å². The molecule has 0 spiro atoms. The lowest BCUT2D eigenvalue weighted by molar-refractivity contribution is 0.0954. The van der Waals surface area contributed by atoms with Gasteiger partial charge in [-0.1, -0.05) is 31.0 Å². The van der Waals surface area contributed by atoms with E-state index in [2.05, 4.69) is 49.5 Å². The molecule has 10 heteroatoms. The molecule has 0 aliphatic rings. The number of azo groups is 1. The summed E-state index contributed by atoms with van der Waals surface area (Å²) in [5.74, 6) is 0.220. The average molecular weight is 540 g/mol. The smallest absolute Gasteiger partial charge is 0.268 e. The number of unbranched alkanes of at least 4 members (excludes halogenated alkanes) is 3. The minimum atomic E-state index is -0.141. The summed E-state index contributed by atoms with van der Waals surface area (Å²) < 4.78 is 0. The summed E-state index contributed by atoms with van der Waals surface area (Å²) in [5.41, 5.74) is 10.5. The Labute approximate surface area is 234 Å². The summed E-state index contributed by atoms with van der Waals surface area (Å²) in [6, 6.07) is 15.1. The molecule has 0 radical (unpaired) electrons. The van der Waals surface area contributed by atoms with E-state index in [9.17, 15) is 4.79 Å². The Kier molecular flexibility index (Phi) is 10.1. The number of nitrogen functional groups attached to an aromatic ring is 1. The van der Waals surface area contributed by atoms with E-state index in [1.165, 1.54) is 12.8 Å². The molecule has 0 saturated heterocycles. The highest BCUT2D eigenvalue weighted by molar-refractivity contribution is 6.07. The van der Waals surface area contributed by atoms with Crippen LogP contribution in [0.2, 0.25) is 0 Å². The lowest BCUT2D eigenvalue weighted by Gasteiger charge is -2.08. The Morgan fingerprint density at radius 2 is 1.88 bits per heavy atom. The van der Waals surface area contributed by atoms with E-state index < -0.39 is 0 Å². The van der Waals surface area contributed by atoms with Crippen LogP contribution in [0.1, 0.15) is 47.2 Å². The van der Waals surface area contributed by atoms with E-state index >= 15 is 0 Å². The Hall–Kier alpha value is -4.44. The van der Waals surface area contributed by atoms with Gasteiger partial charge in [-0.2, -0.15) is 5.11 Å². The minimum Gasteiger partial charge on any atom is -0.384 e. The molecule has 0 bridgehead atoms. The molecule has 10 nitrogen and oxygen atoms in total. The lowest BCUT2D eigenvalue weighted by Crippen LogP contribution is -2.25. The van der Waals surface area contributed by atoms with Crippen LogP contribution in [0.5, 0.6) is 0 Å². The Bertz CT molecular complexity index is 1460. The van der Waals surface area contributed by atoms with Crippen molar-refractivity contribution in [2.24, 2.45) is 16.0 Å². The zero-order valence-corrected chi connectivity index (χ0v) is 23.2. The number of hydrogen-bond acceptors (Lipinski definition) is 7. The van der Waals surface area contributed by atoms with Gasteiger partial charge >= 0.3 is 0 Å². The molecule has 0 atom stereocenters. The van der Waals surface area contributed by atoms with Crippen LogP contribution in [-0.2, 0) is 6.42 Å². The van der Waals surface area contributed by atoms with Gasteiger partial charge in [-0.3, -0.25) is 10.2 Å². The fraction of sp³-hybridized carbons (Fsp3) is 0.333. The molecule has 5 N–H and O–H groups in total. The van der Waals surface area contributed by atoms with Crippen molar-refractivity contribution in [2.75, 3.05) is 33.7 Å². The van der Waals surface area contributed by atoms with Crippen molar-refractivity contribution in [1.82, 2.24) is 25.2 Å². The third kappa shape index (κ3) is 8.03. The highest BCUT2D eigenvalue weighted by Crippen LogP contribution is 2.21. The lowest BCUT2D eigenvalue weighted by atomic mass is 10.1. The fourth-order valence-corrected chi connectivity index (χ4v) is 4.40. The average Bonchev–Trinajstić information content (AvgIpc) is 3.38. The maximum absolute atomic E-state index is 12.7. The van der Waals surface area contributed by atoms with Crippen LogP contribution < -0.4 is 11.1 Å². The Balaban J connectivity index is 1.25. The zero-order chi connectivity index (χ0) is 28.3. The van der Waals surface area contributed by atoms with Crippen molar-refractivity contribution >= 4 is 28.6 Å². The second-order valence-corrected chi connectivity index (χ2v) is 10.0. The Morgan fingerprint density at radius 1 is 1.07 bits per heavy atom. The first kappa shape index (κ1) is 28.6. The molecule has 0 fully saturated rings. The molecule has 0 unspecified atom stereocenters. The van der Waals surface area contributed by atoms with Crippen molar-refractivity contribution in [3.63, 3.8) is 0 Å². The number of aromatic nitrogens is 3. The van der Waals surface area contributed by atoms with Crippen LogP contribution in [0.15, 0.2) is 71.2 Å². The van der Waals surface area contributed by atoms with Gasteiger partial charge in [0.2, 0.25) is 0 Å². The maximum Gasteiger partial charge on any atom is 0.268 e. The summed E-state index contributed by atoms with van der Waals surface area (Å²) in [5, 5.41) is 20.0. The van der Waals surface area contributed by atoms with Crippen molar-refractivity contribution in [1.29, 1.82) is 5.41 Å². The van der Waals surface area contributed by atoms with Gasteiger partial charge in [-0.15, -0.1) is 5.11 Å². The molecular weight excluding hydrogens is 502 g/mol. The van der Waals surface area contributed by atoms with Crippen molar-refractivity contribution < 1.29 is 4.79 Å². The number of benzene rings is 2. The largest absolute Gasteiger partial charge is 0.384 e. The molecular formula is C30H37N9O. The summed E-state index contributed by atoms with van der Waals surface area (Å²) in [6.45, 7) is 2.27. The molecule has 2 aromatic carbocycles. The van der Waals surface area contributed by atoms with Crippen LogP contribution in [0.4, 0.5) is 5.95 Å². The molecule has 0 saturated carbocycles. The normalized spacial score (nSPS) is 11.5. The summed E-state index contributed by atoms with van der Waals surface area (Å²) in [6.07, 6.45) is 8.61. The quantitative estimate of drug-likeness (QED) is 0.0762. The van der Waals surface area contributed by atoms with E-state index in [1.807, 2.05) is 36.4 Å². The topological polar surface area (TPSA) is 148 Å². The third-order valence-corrected chi connectivity index (χ3v) is 6.59. The fourth-order valence-electron chi connectivity index (χ4n) is 4.40. The number of nitrogens with two attached hydrogens (primary N) is 1. The number of amides is 1. The number of nitrogens with zero attached hydrogens (tertiary/aromatic N) is 5. The van der Waals surface area contributed by atoms with Crippen molar-refractivity contribution in [3.05, 3.63) is 77.6 Å². The SMILES string of the molecule is CN(C)CCCCCCN=Nc1nccc(-c2ccc(C(=O)NCCc3ccc4[nH]cc(C(=N)N)c4c3)cc2)n1. The molecule has 1 amide bonds. The number of aromatic amines is 1. The number of fused-ring (bicyclic) bond motifs is 1. The van der Waals surface area contributed by atoms with Gasteiger partial charge in [0, 0.05) is 46.5 Å². The second kappa shape index (κ2) is 14.1.